The first-order valence-electron chi connectivity index (χ1n) is 7.31. The van der Waals surface area contributed by atoms with Crippen molar-refractivity contribution in [3.63, 3.8) is 0 Å². The molecule has 0 bridgehead atoms. The number of aromatic amines is 1. The van der Waals surface area contributed by atoms with Crippen LogP contribution in [0.3, 0.4) is 0 Å². The normalized spacial score (nSPS) is 17.7. The van der Waals surface area contributed by atoms with E-state index in [1.165, 1.54) is 22.3 Å². The number of amides is 1. The van der Waals surface area contributed by atoms with Gasteiger partial charge in [-0.05, 0) is 29.5 Å². The van der Waals surface area contributed by atoms with Crippen LogP contribution in [0, 0.1) is 0 Å². The Hall–Kier alpha value is -2.11. The van der Waals surface area contributed by atoms with Crippen LogP contribution in [0.2, 0.25) is 0 Å². The minimum absolute atomic E-state index is 0.00152. The number of carbonyl (C=O) groups excluding carboxylic acids is 1. The lowest BCUT2D eigenvalue weighted by Gasteiger charge is -2.34. The van der Waals surface area contributed by atoms with Crippen LogP contribution in [0.25, 0.3) is 10.9 Å². The fourth-order valence-corrected chi connectivity index (χ4v) is 3.89. The molecule has 3 aromatic rings. The van der Waals surface area contributed by atoms with E-state index < -0.39 is 0 Å². The van der Waals surface area contributed by atoms with E-state index in [0.29, 0.717) is 13.0 Å². The van der Waals surface area contributed by atoms with E-state index in [2.05, 4.69) is 11.1 Å². The number of nitrogens with one attached hydrogen (secondary N) is 1. The molecule has 4 nitrogen and oxygen atoms in total. The predicted molar refractivity (Wildman–Crippen MR) is 87.1 cm³/mol. The number of thiophene rings is 1. The first-order valence-corrected chi connectivity index (χ1v) is 8.19. The number of carbonyl (C=O) groups is 1. The second-order valence-corrected chi connectivity index (χ2v) is 6.53. The summed E-state index contributed by atoms with van der Waals surface area (Å²) in [6.07, 6.45) is 0.687. The van der Waals surface area contributed by atoms with Gasteiger partial charge in [-0.3, -0.25) is 4.79 Å². The minimum Gasteiger partial charge on any atom is -0.394 e. The van der Waals surface area contributed by atoms with E-state index >= 15 is 0 Å². The summed E-state index contributed by atoms with van der Waals surface area (Å²) in [4.78, 5) is 18.6. The van der Waals surface area contributed by atoms with Crippen molar-refractivity contribution in [2.75, 3.05) is 6.61 Å². The van der Waals surface area contributed by atoms with Crippen LogP contribution in [-0.2, 0) is 13.0 Å². The van der Waals surface area contributed by atoms with Gasteiger partial charge in [0.05, 0.1) is 24.1 Å². The third kappa shape index (κ3) is 2.05. The van der Waals surface area contributed by atoms with Crippen molar-refractivity contribution in [2.24, 2.45) is 0 Å². The van der Waals surface area contributed by atoms with Crippen molar-refractivity contribution in [1.82, 2.24) is 9.88 Å². The Labute approximate surface area is 132 Å². The molecule has 1 aliphatic heterocycles. The summed E-state index contributed by atoms with van der Waals surface area (Å²) in [7, 11) is 0. The summed E-state index contributed by atoms with van der Waals surface area (Å²) in [6, 6.07) is 11.7. The Kier molecular flexibility index (Phi) is 3.24. The molecule has 1 aliphatic rings. The standard InChI is InChI=1S/C17H16N2O2S/c20-10-11-8-13-12-4-1-2-5-14(12)18-15(13)9-19(11)17(21)16-6-3-7-22-16/h1-7,11,18,20H,8-10H2. The monoisotopic (exact) mass is 312 g/mol. The number of hydrogen-bond acceptors (Lipinski definition) is 3. The third-order valence-corrected chi connectivity index (χ3v) is 5.17. The van der Waals surface area contributed by atoms with E-state index in [1.54, 1.807) is 4.90 Å². The summed E-state index contributed by atoms with van der Waals surface area (Å²) in [6.45, 7) is 0.502. The molecular formula is C17H16N2O2S. The zero-order valence-corrected chi connectivity index (χ0v) is 12.8. The molecule has 0 saturated carbocycles. The molecule has 0 spiro atoms. The molecule has 112 valence electrons. The van der Waals surface area contributed by atoms with Crippen LogP contribution in [0.1, 0.15) is 20.9 Å². The zero-order chi connectivity index (χ0) is 15.1. The number of benzene rings is 1. The number of rotatable bonds is 2. The van der Waals surface area contributed by atoms with Crippen molar-refractivity contribution in [2.45, 2.75) is 19.0 Å². The number of hydrogen-bond donors (Lipinski definition) is 2. The van der Waals surface area contributed by atoms with Crippen molar-refractivity contribution in [3.8, 4) is 0 Å². The molecule has 2 N–H and O–H groups in total. The van der Waals surface area contributed by atoms with E-state index in [-0.39, 0.29) is 18.6 Å². The lowest BCUT2D eigenvalue weighted by molar-refractivity contribution is 0.0546. The Bertz CT molecular complexity index is 822. The van der Waals surface area contributed by atoms with Crippen molar-refractivity contribution in [3.05, 3.63) is 57.9 Å². The number of aliphatic hydroxyl groups is 1. The highest BCUT2D eigenvalue weighted by Crippen LogP contribution is 2.31. The molecule has 4 rings (SSSR count). The molecule has 3 heterocycles. The van der Waals surface area contributed by atoms with Gasteiger partial charge in [0.2, 0.25) is 0 Å². The fraction of sp³-hybridized carbons (Fsp3) is 0.235. The molecular weight excluding hydrogens is 296 g/mol. The van der Waals surface area contributed by atoms with E-state index in [9.17, 15) is 9.90 Å². The molecule has 0 fully saturated rings. The molecule has 1 aromatic carbocycles. The Morgan fingerprint density at radius 1 is 1.32 bits per heavy atom. The second kappa shape index (κ2) is 5.26. The van der Waals surface area contributed by atoms with Gasteiger partial charge in [-0.1, -0.05) is 24.3 Å². The number of aromatic nitrogens is 1. The largest absolute Gasteiger partial charge is 0.394 e. The number of fused-ring (bicyclic) bond motifs is 3. The van der Waals surface area contributed by atoms with Gasteiger partial charge in [0.15, 0.2) is 0 Å². The molecule has 0 aliphatic carbocycles. The fourth-order valence-electron chi connectivity index (χ4n) is 3.21. The Morgan fingerprint density at radius 2 is 2.18 bits per heavy atom. The maximum Gasteiger partial charge on any atom is 0.264 e. The second-order valence-electron chi connectivity index (χ2n) is 5.58. The molecule has 22 heavy (non-hydrogen) atoms. The molecule has 1 amide bonds. The Morgan fingerprint density at radius 3 is 2.95 bits per heavy atom. The average molecular weight is 312 g/mol. The van der Waals surface area contributed by atoms with Gasteiger partial charge in [0.25, 0.3) is 5.91 Å². The smallest absolute Gasteiger partial charge is 0.264 e. The number of para-hydroxylation sites is 1. The van der Waals surface area contributed by atoms with Crippen LogP contribution in [0.15, 0.2) is 41.8 Å². The number of H-pyrrole nitrogens is 1. The van der Waals surface area contributed by atoms with Gasteiger partial charge in [-0.2, -0.15) is 0 Å². The van der Waals surface area contributed by atoms with Gasteiger partial charge in [-0.25, -0.2) is 0 Å². The van der Waals surface area contributed by atoms with Gasteiger partial charge in [0.1, 0.15) is 0 Å². The lowest BCUT2D eigenvalue weighted by atomic mass is 9.97. The van der Waals surface area contributed by atoms with E-state index in [0.717, 1.165) is 16.1 Å². The minimum atomic E-state index is -0.165. The van der Waals surface area contributed by atoms with Crippen LogP contribution >= 0.6 is 11.3 Å². The predicted octanol–water partition coefficient (Wildman–Crippen LogP) is 2.79. The first kappa shape index (κ1) is 13.5. The number of aliphatic hydroxyl groups excluding tert-OH is 1. The molecule has 0 radical (unpaired) electrons. The topological polar surface area (TPSA) is 56.3 Å². The van der Waals surface area contributed by atoms with Crippen LogP contribution in [0.5, 0.6) is 0 Å². The van der Waals surface area contributed by atoms with Crippen LogP contribution in [-0.4, -0.2) is 33.5 Å². The SMILES string of the molecule is O=C(c1cccs1)N1Cc2[nH]c3ccccc3c2CC1CO. The zero-order valence-electron chi connectivity index (χ0n) is 12.0. The summed E-state index contributed by atoms with van der Waals surface area (Å²) < 4.78 is 0. The van der Waals surface area contributed by atoms with Gasteiger partial charge < -0.3 is 15.0 Å². The molecule has 0 saturated heterocycles. The van der Waals surface area contributed by atoms with Gasteiger partial charge in [-0.15, -0.1) is 11.3 Å². The summed E-state index contributed by atoms with van der Waals surface area (Å²) in [5, 5.41) is 12.8. The summed E-state index contributed by atoms with van der Waals surface area (Å²) in [5.41, 5.74) is 3.40. The lowest BCUT2D eigenvalue weighted by Crippen LogP contribution is -2.46. The van der Waals surface area contributed by atoms with E-state index in [4.69, 9.17) is 0 Å². The molecule has 2 aromatic heterocycles. The molecule has 1 atom stereocenters. The van der Waals surface area contributed by atoms with Crippen molar-refractivity contribution < 1.29 is 9.90 Å². The average Bonchev–Trinajstić information content (AvgIpc) is 3.20. The summed E-state index contributed by atoms with van der Waals surface area (Å²) >= 11 is 1.44. The number of nitrogens with zero attached hydrogens (tertiary/aromatic N) is 1. The van der Waals surface area contributed by atoms with Crippen LogP contribution < -0.4 is 0 Å². The van der Waals surface area contributed by atoms with Gasteiger partial charge in [0, 0.05) is 16.6 Å². The molecule has 1 unspecified atom stereocenters. The highest BCUT2D eigenvalue weighted by atomic mass is 32.1. The first-order chi connectivity index (χ1) is 10.8. The Balaban J connectivity index is 1.75. The highest BCUT2D eigenvalue weighted by Gasteiger charge is 2.32. The van der Waals surface area contributed by atoms with E-state index in [1.807, 2.05) is 35.7 Å². The van der Waals surface area contributed by atoms with Crippen molar-refractivity contribution >= 4 is 28.1 Å². The van der Waals surface area contributed by atoms with Crippen LogP contribution in [0.4, 0.5) is 0 Å². The summed E-state index contributed by atoms with van der Waals surface area (Å²) in [5.74, 6) is -0.00152. The maximum atomic E-state index is 12.7. The third-order valence-electron chi connectivity index (χ3n) is 4.31. The van der Waals surface area contributed by atoms with Gasteiger partial charge >= 0.3 is 0 Å². The molecule has 5 heteroatoms. The van der Waals surface area contributed by atoms with Crippen molar-refractivity contribution in [1.29, 1.82) is 0 Å². The maximum absolute atomic E-state index is 12.7. The highest BCUT2D eigenvalue weighted by molar-refractivity contribution is 7.12. The quantitative estimate of drug-likeness (QED) is 0.764.